The van der Waals surface area contributed by atoms with E-state index in [-0.39, 0.29) is 28.8 Å². The molecule has 2 atom stereocenters. The smallest absolute Gasteiger partial charge is 0.355 e. The van der Waals surface area contributed by atoms with Crippen molar-refractivity contribution in [2.45, 2.75) is 57.1 Å². The minimum atomic E-state index is -5.02. The molecule has 3 aromatic heterocycles. The maximum absolute atomic E-state index is 13.6. The molecule has 0 unspecified atom stereocenters. The Hall–Kier alpha value is -4.63. The predicted molar refractivity (Wildman–Crippen MR) is 179 cm³/mol. The number of aryl methyl sites for hydroxylation is 1. The minimum Gasteiger partial charge on any atom is -0.484 e. The molecule has 1 aliphatic heterocycles. The molecule has 2 aromatic carbocycles. The number of hydrogen-bond donors (Lipinski definition) is 2. The zero-order valence-electron chi connectivity index (χ0n) is 27.2. The highest BCUT2D eigenvalue weighted by molar-refractivity contribution is 7.93. The molecule has 0 bridgehead atoms. The van der Waals surface area contributed by atoms with Gasteiger partial charge in [0.25, 0.3) is 10.0 Å². The van der Waals surface area contributed by atoms with Gasteiger partial charge < -0.3 is 15.4 Å². The van der Waals surface area contributed by atoms with Crippen LogP contribution in [0.4, 0.5) is 24.7 Å². The third kappa shape index (κ3) is 6.31. The number of benzene rings is 2. The van der Waals surface area contributed by atoms with Crippen LogP contribution in [0.15, 0.2) is 61.1 Å². The molecule has 11 nitrogen and oxygen atoms in total. The summed E-state index contributed by atoms with van der Waals surface area (Å²) in [5.74, 6) is -3.94. The number of anilines is 2. The first-order valence-corrected chi connectivity index (χ1v) is 16.9. The number of nitrogen functional groups attached to an aromatic ring is 1. The summed E-state index contributed by atoms with van der Waals surface area (Å²) >= 11 is 0. The van der Waals surface area contributed by atoms with E-state index >= 15 is 0 Å². The Labute approximate surface area is 276 Å². The molecule has 0 radical (unpaired) electrons. The molecule has 3 N–H and O–H groups in total. The fourth-order valence-corrected chi connectivity index (χ4v) is 6.74. The van der Waals surface area contributed by atoms with Crippen LogP contribution < -0.4 is 15.2 Å². The number of ether oxygens (including phenoxy) is 1. The summed E-state index contributed by atoms with van der Waals surface area (Å²) in [6.07, 6.45) is 6.71. The van der Waals surface area contributed by atoms with E-state index in [1.165, 1.54) is 42.5 Å². The van der Waals surface area contributed by atoms with Crippen molar-refractivity contribution < 1.29 is 26.3 Å². The molecule has 1 saturated heterocycles. The first-order valence-electron chi connectivity index (χ1n) is 15.4. The van der Waals surface area contributed by atoms with Crippen molar-refractivity contribution in [1.82, 2.24) is 29.4 Å². The number of halogens is 3. The van der Waals surface area contributed by atoms with Gasteiger partial charge in [0.2, 0.25) is 0 Å². The van der Waals surface area contributed by atoms with Crippen molar-refractivity contribution >= 4 is 32.4 Å². The molecular formula is C33H37F3N8O3S. The highest BCUT2D eigenvalue weighted by Crippen LogP contribution is 2.41. The first-order chi connectivity index (χ1) is 22.6. The van der Waals surface area contributed by atoms with E-state index in [2.05, 4.69) is 30.8 Å². The van der Waals surface area contributed by atoms with E-state index in [0.29, 0.717) is 27.7 Å². The van der Waals surface area contributed by atoms with Crippen molar-refractivity contribution in [3.05, 3.63) is 72.4 Å². The highest BCUT2D eigenvalue weighted by Gasteiger charge is 2.34. The lowest BCUT2D eigenvalue weighted by molar-refractivity contribution is 0.0719. The topological polar surface area (TPSA) is 133 Å². The molecule has 1 fully saturated rings. The number of aromatic nitrogens is 5. The first kappa shape index (κ1) is 33.3. The van der Waals surface area contributed by atoms with Gasteiger partial charge in [-0.3, -0.25) is 14.1 Å². The van der Waals surface area contributed by atoms with Gasteiger partial charge in [0.05, 0.1) is 28.8 Å². The maximum atomic E-state index is 13.6. The largest absolute Gasteiger partial charge is 0.484 e. The van der Waals surface area contributed by atoms with Crippen LogP contribution in [0.5, 0.6) is 5.75 Å². The number of likely N-dealkylation sites (tertiary alicyclic amines) is 1. The van der Waals surface area contributed by atoms with Crippen LogP contribution in [-0.4, -0.2) is 62.8 Å². The molecule has 0 saturated carbocycles. The normalized spacial score (nSPS) is 17.6. The number of pyridine rings is 1. The highest BCUT2D eigenvalue weighted by atomic mass is 32.2. The minimum absolute atomic E-state index is 0.0378. The average molecular weight is 683 g/mol. The van der Waals surface area contributed by atoms with E-state index in [4.69, 9.17) is 20.7 Å². The molecule has 0 spiro atoms. The van der Waals surface area contributed by atoms with Crippen LogP contribution in [0.3, 0.4) is 0 Å². The molecule has 48 heavy (non-hydrogen) atoms. The zero-order chi connectivity index (χ0) is 34.5. The number of nitrogens with two attached hydrogens (primary N) is 1. The Morgan fingerprint density at radius 1 is 1.08 bits per heavy atom. The van der Waals surface area contributed by atoms with Crippen molar-refractivity contribution in [1.29, 1.82) is 0 Å². The number of fused-ring (bicyclic) bond motifs is 1. The SMILES string of the molecule is C[C@H](Oc1cc(-c2nn(C)c3c(-c4cnn([C@H]5CCN(C)C(C)(C)C5)c4)cnc(N)c23)ccc1NS(=O)(=O)C(F)F)c1ccc(F)cc1. The van der Waals surface area contributed by atoms with Crippen LogP contribution in [-0.2, 0) is 17.1 Å². The molecule has 4 heterocycles. The van der Waals surface area contributed by atoms with E-state index in [0.717, 1.165) is 30.5 Å². The Kier molecular flexibility index (Phi) is 8.62. The average Bonchev–Trinajstić information content (AvgIpc) is 3.66. The van der Waals surface area contributed by atoms with Gasteiger partial charge >= 0.3 is 5.76 Å². The van der Waals surface area contributed by atoms with Crippen LogP contribution in [0.1, 0.15) is 51.3 Å². The fraction of sp³-hybridized carbons (Fsp3) is 0.364. The summed E-state index contributed by atoms with van der Waals surface area (Å²) in [5, 5.41) is 10.0. The van der Waals surface area contributed by atoms with Gasteiger partial charge in [-0.15, -0.1) is 0 Å². The summed E-state index contributed by atoms with van der Waals surface area (Å²) in [6, 6.07) is 10.1. The monoisotopic (exact) mass is 682 g/mol. The maximum Gasteiger partial charge on any atom is 0.355 e. The molecule has 0 amide bonds. The Balaban J connectivity index is 1.41. The van der Waals surface area contributed by atoms with E-state index in [9.17, 15) is 21.6 Å². The van der Waals surface area contributed by atoms with Crippen LogP contribution in [0, 0.1) is 5.82 Å². The van der Waals surface area contributed by atoms with Gasteiger partial charge in [-0.05, 0) is 70.5 Å². The number of nitrogens with zero attached hydrogens (tertiary/aromatic N) is 6. The van der Waals surface area contributed by atoms with Gasteiger partial charge in [-0.25, -0.2) is 17.8 Å². The lowest BCUT2D eigenvalue weighted by Gasteiger charge is -2.43. The zero-order valence-corrected chi connectivity index (χ0v) is 28.0. The lowest BCUT2D eigenvalue weighted by atomic mass is 9.87. The number of alkyl halides is 2. The van der Waals surface area contributed by atoms with Crippen molar-refractivity contribution in [3.63, 3.8) is 0 Å². The van der Waals surface area contributed by atoms with Crippen LogP contribution in [0.2, 0.25) is 0 Å². The predicted octanol–water partition coefficient (Wildman–Crippen LogP) is 6.37. The summed E-state index contributed by atoms with van der Waals surface area (Å²) < 4.78 is 76.2. The Bertz CT molecular complexity index is 2080. The number of piperidine rings is 1. The van der Waals surface area contributed by atoms with E-state index < -0.39 is 27.7 Å². The Morgan fingerprint density at radius 2 is 1.81 bits per heavy atom. The van der Waals surface area contributed by atoms with Gasteiger partial charge in [-0.1, -0.05) is 18.2 Å². The molecule has 6 rings (SSSR count). The number of nitrogens with one attached hydrogen (secondary N) is 1. The summed E-state index contributed by atoms with van der Waals surface area (Å²) in [7, 11) is -1.11. The third-order valence-electron chi connectivity index (χ3n) is 9.13. The summed E-state index contributed by atoms with van der Waals surface area (Å²) in [4.78, 5) is 6.84. The van der Waals surface area contributed by atoms with E-state index in [1.54, 1.807) is 31.0 Å². The third-order valence-corrected chi connectivity index (χ3v) is 10.1. The lowest BCUT2D eigenvalue weighted by Crippen LogP contribution is -2.47. The van der Waals surface area contributed by atoms with Gasteiger partial charge in [0, 0.05) is 48.2 Å². The number of hydrogen-bond acceptors (Lipinski definition) is 8. The fourth-order valence-electron chi connectivity index (χ4n) is 6.17. The summed E-state index contributed by atoms with van der Waals surface area (Å²) in [5.41, 5.74) is 10.1. The van der Waals surface area contributed by atoms with Gasteiger partial charge in [-0.2, -0.15) is 19.0 Å². The molecule has 254 valence electrons. The second kappa shape index (κ2) is 12.4. The summed E-state index contributed by atoms with van der Waals surface area (Å²) in [6.45, 7) is 7.09. The van der Waals surface area contributed by atoms with Crippen LogP contribution >= 0.6 is 0 Å². The second-order valence-electron chi connectivity index (χ2n) is 12.8. The number of rotatable bonds is 9. The van der Waals surface area contributed by atoms with Crippen molar-refractivity contribution in [2.24, 2.45) is 7.05 Å². The molecule has 15 heteroatoms. The quantitative estimate of drug-likeness (QED) is 0.183. The molecular weight excluding hydrogens is 645 g/mol. The second-order valence-corrected chi connectivity index (χ2v) is 14.4. The van der Waals surface area contributed by atoms with Gasteiger partial charge in [0.15, 0.2) is 0 Å². The van der Waals surface area contributed by atoms with Crippen LogP contribution in [0.25, 0.3) is 33.3 Å². The molecule has 5 aromatic rings. The molecule has 1 aliphatic rings. The van der Waals surface area contributed by atoms with E-state index in [1.807, 2.05) is 15.6 Å². The van der Waals surface area contributed by atoms with Crippen molar-refractivity contribution in [3.8, 4) is 28.1 Å². The molecule has 0 aliphatic carbocycles. The van der Waals surface area contributed by atoms with Crippen molar-refractivity contribution in [2.75, 3.05) is 24.0 Å². The standard InChI is InChI=1S/C33H37F3N8O3S/c1-19(20-6-9-23(34)10-7-20)47-27-14-21(8-11-26(27)41-48(45,46)32(35)36)29-28-30(43(5)40-29)25(17-38-31(28)37)22-16-39-44(18-22)24-12-13-42(4)33(2,3)15-24/h6-11,14,16-19,24,32,41H,12-13,15H2,1-5H3,(H2,37,38)/t19-,24-/m0/s1. The number of sulfonamides is 1. The Morgan fingerprint density at radius 3 is 2.50 bits per heavy atom. The van der Waals surface area contributed by atoms with Gasteiger partial charge in [0.1, 0.15) is 29.2 Å².